The molecule has 3 nitrogen and oxygen atoms in total. The summed E-state index contributed by atoms with van der Waals surface area (Å²) in [5.74, 6) is 0.0400. The van der Waals surface area contributed by atoms with E-state index in [4.69, 9.17) is 0 Å². The van der Waals surface area contributed by atoms with Crippen molar-refractivity contribution < 1.29 is 9.59 Å². The summed E-state index contributed by atoms with van der Waals surface area (Å²) in [6, 6.07) is 4.08. The number of hydrogen-bond donors (Lipinski definition) is 0. The molecule has 1 saturated heterocycles. The molecule has 0 aliphatic carbocycles. The van der Waals surface area contributed by atoms with Crippen LogP contribution in [0.2, 0.25) is 0 Å². The number of nitrogens with zero attached hydrogens (tertiary/aromatic N) is 1. The van der Waals surface area contributed by atoms with Gasteiger partial charge >= 0.3 is 0 Å². The average molecular weight is 358 g/mol. The molecule has 0 aromatic carbocycles. The molecule has 0 spiro atoms. The first-order valence-electron chi connectivity index (χ1n) is 7.75. The molecular formula is C19H19NO2S2. The molecule has 2 aromatic rings. The predicted octanol–water partition coefficient (Wildman–Crippen LogP) is 4.32. The highest BCUT2D eigenvalue weighted by atomic mass is 32.1. The second-order valence-electron chi connectivity index (χ2n) is 5.98. The lowest BCUT2D eigenvalue weighted by Crippen LogP contribution is -2.40. The Balaban J connectivity index is 2.01. The smallest absolute Gasteiger partial charge is 0.220 e. The van der Waals surface area contributed by atoms with Crippen LogP contribution in [0.3, 0.4) is 0 Å². The largest absolute Gasteiger partial charge is 0.334 e. The van der Waals surface area contributed by atoms with Gasteiger partial charge in [0.2, 0.25) is 5.91 Å². The van der Waals surface area contributed by atoms with Crippen LogP contribution in [0.25, 0.3) is 12.2 Å². The van der Waals surface area contributed by atoms with Crippen molar-refractivity contribution in [3.8, 4) is 0 Å². The van der Waals surface area contributed by atoms with E-state index < -0.39 is 0 Å². The molecule has 3 rings (SSSR count). The van der Waals surface area contributed by atoms with Gasteiger partial charge in [0.25, 0.3) is 0 Å². The van der Waals surface area contributed by atoms with Crippen LogP contribution < -0.4 is 0 Å². The van der Waals surface area contributed by atoms with Crippen LogP contribution >= 0.6 is 22.7 Å². The Morgan fingerprint density at radius 3 is 1.79 bits per heavy atom. The summed E-state index contributed by atoms with van der Waals surface area (Å²) in [6.07, 6.45) is 3.87. The number of amides is 1. The van der Waals surface area contributed by atoms with E-state index in [1.165, 1.54) is 0 Å². The number of ketones is 1. The Labute approximate surface area is 149 Å². The quantitative estimate of drug-likeness (QED) is 0.751. The number of likely N-dealkylation sites (tertiary alicyclic amines) is 1. The van der Waals surface area contributed by atoms with Gasteiger partial charge in [-0.2, -0.15) is 0 Å². The van der Waals surface area contributed by atoms with Crippen molar-refractivity contribution in [3.63, 3.8) is 0 Å². The van der Waals surface area contributed by atoms with Crippen molar-refractivity contribution in [1.29, 1.82) is 0 Å². The molecule has 24 heavy (non-hydrogen) atoms. The van der Waals surface area contributed by atoms with Gasteiger partial charge in [0.15, 0.2) is 5.78 Å². The maximum absolute atomic E-state index is 12.9. The molecule has 5 heteroatoms. The molecule has 0 radical (unpaired) electrons. The number of thiophene rings is 2. The van der Waals surface area contributed by atoms with Gasteiger partial charge < -0.3 is 4.90 Å². The van der Waals surface area contributed by atoms with Crippen LogP contribution in [0.15, 0.2) is 34.0 Å². The molecule has 124 valence electrons. The van der Waals surface area contributed by atoms with Gasteiger partial charge in [0.05, 0.1) is 0 Å². The molecule has 1 fully saturated rings. The number of aryl methyl sites for hydroxylation is 2. The van der Waals surface area contributed by atoms with Crippen molar-refractivity contribution in [2.45, 2.75) is 20.8 Å². The van der Waals surface area contributed by atoms with E-state index in [0.29, 0.717) is 24.2 Å². The minimum atomic E-state index is -0.00916. The molecule has 1 aliphatic rings. The Bertz CT molecular complexity index is 792. The zero-order valence-electron chi connectivity index (χ0n) is 14.0. The Morgan fingerprint density at radius 2 is 1.46 bits per heavy atom. The number of Topliss-reactive ketones (excluding diaryl/α,β-unsaturated/α-hetero) is 1. The van der Waals surface area contributed by atoms with Gasteiger partial charge in [-0.3, -0.25) is 9.59 Å². The van der Waals surface area contributed by atoms with Gasteiger partial charge in [-0.1, -0.05) is 0 Å². The van der Waals surface area contributed by atoms with Crippen LogP contribution in [-0.4, -0.2) is 29.7 Å². The maximum atomic E-state index is 12.9. The first kappa shape index (κ1) is 16.9. The van der Waals surface area contributed by atoms with Gasteiger partial charge in [-0.25, -0.2) is 0 Å². The highest BCUT2D eigenvalue weighted by Gasteiger charge is 2.27. The minimum absolute atomic E-state index is 0.00916. The third-order valence-electron chi connectivity index (χ3n) is 4.17. The van der Waals surface area contributed by atoms with E-state index >= 15 is 0 Å². The lowest BCUT2D eigenvalue weighted by Gasteiger charge is -2.29. The predicted molar refractivity (Wildman–Crippen MR) is 101 cm³/mol. The summed E-state index contributed by atoms with van der Waals surface area (Å²) in [5.41, 5.74) is 3.67. The molecule has 0 atom stereocenters. The lowest BCUT2D eigenvalue weighted by molar-refractivity contribution is -0.129. The normalized spacial score (nSPS) is 18.6. The summed E-state index contributed by atoms with van der Waals surface area (Å²) >= 11 is 3.23. The van der Waals surface area contributed by atoms with Crippen LogP contribution in [-0.2, 0) is 9.59 Å². The number of carbonyl (C=O) groups is 2. The highest BCUT2D eigenvalue weighted by Crippen LogP contribution is 2.27. The van der Waals surface area contributed by atoms with Crippen molar-refractivity contribution in [2.75, 3.05) is 13.1 Å². The molecule has 1 aliphatic heterocycles. The Kier molecular flexibility index (Phi) is 4.83. The maximum Gasteiger partial charge on any atom is 0.220 e. The van der Waals surface area contributed by atoms with Crippen LogP contribution in [0.1, 0.15) is 27.8 Å². The van der Waals surface area contributed by atoms with Gasteiger partial charge in [0.1, 0.15) is 0 Å². The van der Waals surface area contributed by atoms with E-state index in [0.717, 1.165) is 20.9 Å². The third kappa shape index (κ3) is 3.42. The molecule has 2 aromatic heterocycles. The Hall–Kier alpha value is -1.98. The zero-order chi connectivity index (χ0) is 17.3. The number of carbonyl (C=O) groups excluding carboxylic acids is 2. The van der Waals surface area contributed by atoms with Gasteiger partial charge in [0, 0.05) is 40.9 Å². The molecule has 0 saturated carbocycles. The van der Waals surface area contributed by atoms with E-state index in [2.05, 4.69) is 0 Å². The van der Waals surface area contributed by atoms with Gasteiger partial charge in [-0.05, 0) is 60.0 Å². The highest BCUT2D eigenvalue weighted by molar-refractivity contribution is 7.11. The topological polar surface area (TPSA) is 37.4 Å². The second kappa shape index (κ2) is 6.87. The number of piperidine rings is 1. The van der Waals surface area contributed by atoms with Crippen LogP contribution in [0, 0.1) is 13.8 Å². The average Bonchev–Trinajstić information content (AvgIpc) is 3.12. The summed E-state index contributed by atoms with van der Waals surface area (Å²) in [4.78, 5) is 28.7. The summed E-state index contributed by atoms with van der Waals surface area (Å²) < 4.78 is 0. The fraction of sp³-hybridized carbons (Fsp3) is 0.263. The second-order valence-corrected chi connectivity index (χ2v) is 7.87. The molecule has 0 N–H and O–H groups in total. The monoisotopic (exact) mass is 357 g/mol. The minimum Gasteiger partial charge on any atom is -0.334 e. The molecule has 0 bridgehead atoms. The fourth-order valence-corrected chi connectivity index (χ4v) is 4.41. The summed E-state index contributed by atoms with van der Waals surface area (Å²) in [6.45, 7) is 6.38. The van der Waals surface area contributed by atoms with Crippen molar-refractivity contribution in [3.05, 3.63) is 54.9 Å². The molecule has 1 amide bonds. The SMILES string of the molecule is CC(=O)N1CC(=Cc2sccc2C)C(=O)C(=Cc2sccc2C)C1. The van der Waals surface area contributed by atoms with E-state index in [9.17, 15) is 9.59 Å². The first-order valence-corrected chi connectivity index (χ1v) is 9.51. The standard InChI is InChI=1S/C19H19NO2S2/c1-12-4-6-23-17(12)8-15-10-20(14(3)21)11-16(19(15)22)9-18-13(2)5-7-24-18/h4-9H,10-11H2,1-3H3. The van der Waals surface area contributed by atoms with Crippen molar-refractivity contribution >= 4 is 46.5 Å². The van der Waals surface area contributed by atoms with E-state index in [-0.39, 0.29) is 11.7 Å². The van der Waals surface area contributed by atoms with Gasteiger partial charge in [-0.15, -0.1) is 22.7 Å². The number of hydrogen-bond acceptors (Lipinski definition) is 4. The van der Waals surface area contributed by atoms with Crippen LogP contribution in [0.5, 0.6) is 0 Å². The van der Waals surface area contributed by atoms with E-state index in [1.807, 2.05) is 48.9 Å². The van der Waals surface area contributed by atoms with Crippen LogP contribution in [0.4, 0.5) is 0 Å². The van der Waals surface area contributed by atoms with E-state index in [1.54, 1.807) is 34.5 Å². The summed E-state index contributed by atoms with van der Waals surface area (Å²) in [7, 11) is 0. The molecule has 0 unspecified atom stereocenters. The molecular weight excluding hydrogens is 338 g/mol. The molecule has 3 heterocycles. The third-order valence-corrected chi connectivity index (χ3v) is 6.10. The van der Waals surface area contributed by atoms with Crippen molar-refractivity contribution in [2.24, 2.45) is 0 Å². The number of rotatable bonds is 2. The summed E-state index contributed by atoms with van der Waals surface area (Å²) in [5, 5.41) is 4.03. The zero-order valence-corrected chi connectivity index (χ0v) is 15.6. The van der Waals surface area contributed by atoms with Crippen molar-refractivity contribution in [1.82, 2.24) is 4.90 Å². The first-order chi connectivity index (χ1) is 11.5. The lowest BCUT2D eigenvalue weighted by atomic mass is 9.95. The fourth-order valence-electron chi connectivity index (χ4n) is 2.64. The Morgan fingerprint density at radius 1 is 1.00 bits per heavy atom.